The molecule has 2 rings (SSSR count). The predicted octanol–water partition coefficient (Wildman–Crippen LogP) is 1.27. The van der Waals surface area contributed by atoms with E-state index in [2.05, 4.69) is 48.1 Å². The SMILES string of the molecule is CC1NNCC1c1ccccc1. The Kier molecular flexibility index (Phi) is 2.11. The quantitative estimate of drug-likeness (QED) is 0.649. The molecule has 2 heteroatoms. The van der Waals surface area contributed by atoms with Gasteiger partial charge in [0.05, 0.1) is 0 Å². The lowest BCUT2D eigenvalue weighted by Gasteiger charge is -2.13. The molecular formula is C10H14N2. The van der Waals surface area contributed by atoms with Gasteiger partial charge in [0.15, 0.2) is 0 Å². The van der Waals surface area contributed by atoms with E-state index in [9.17, 15) is 0 Å². The first kappa shape index (κ1) is 7.77. The smallest absolute Gasteiger partial charge is 0.0266 e. The second-order valence-corrected chi connectivity index (χ2v) is 3.33. The van der Waals surface area contributed by atoms with Gasteiger partial charge in [0.2, 0.25) is 0 Å². The van der Waals surface area contributed by atoms with E-state index < -0.39 is 0 Å². The second-order valence-electron chi connectivity index (χ2n) is 3.33. The average Bonchev–Trinajstić information content (AvgIpc) is 2.53. The molecule has 2 nitrogen and oxygen atoms in total. The van der Waals surface area contributed by atoms with Crippen molar-refractivity contribution in [3.63, 3.8) is 0 Å². The average molecular weight is 162 g/mol. The molecule has 1 aromatic rings. The van der Waals surface area contributed by atoms with Crippen LogP contribution in [-0.2, 0) is 0 Å². The minimum absolute atomic E-state index is 0.535. The van der Waals surface area contributed by atoms with Gasteiger partial charge in [-0.25, -0.2) is 0 Å². The largest absolute Gasteiger partial charge is 0.257 e. The van der Waals surface area contributed by atoms with Crippen LogP contribution in [0.2, 0.25) is 0 Å². The first-order valence-electron chi connectivity index (χ1n) is 4.41. The van der Waals surface area contributed by atoms with Crippen molar-refractivity contribution in [2.75, 3.05) is 6.54 Å². The highest BCUT2D eigenvalue weighted by atomic mass is 15.4. The fourth-order valence-corrected chi connectivity index (χ4v) is 1.71. The third-order valence-electron chi connectivity index (χ3n) is 2.48. The van der Waals surface area contributed by atoms with Gasteiger partial charge in [0.25, 0.3) is 0 Å². The summed E-state index contributed by atoms with van der Waals surface area (Å²) < 4.78 is 0. The Morgan fingerprint density at radius 3 is 2.58 bits per heavy atom. The molecule has 0 bridgehead atoms. The maximum absolute atomic E-state index is 3.22. The zero-order chi connectivity index (χ0) is 8.39. The van der Waals surface area contributed by atoms with Gasteiger partial charge in [0.1, 0.15) is 0 Å². The van der Waals surface area contributed by atoms with E-state index in [4.69, 9.17) is 0 Å². The van der Waals surface area contributed by atoms with E-state index in [1.165, 1.54) is 5.56 Å². The molecule has 1 saturated heterocycles. The molecule has 64 valence electrons. The molecule has 12 heavy (non-hydrogen) atoms. The molecule has 2 N–H and O–H groups in total. The van der Waals surface area contributed by atoms with Crippen LogP contribution in [0.4, 0.5) is 0 Å². The van der Waals surface area contributed by atoms with E-state index >= 15 is 0 Å². The third-order valence-corrected chi connectivity index (χ3v) is 2.48. The minimum atomic E-state index is 0.535. The molecule has 1 heterocycles. The van der Waals surface area contributed by atoms with E-state index in [1.807, 2.05) is 0 Å². The zero-order valence-corrected chi connectivity index (χ0v) is 7.25. The van der Waals surface area contributed by atoms with Crippen LogP contribution in [0.5, 0.6) is 0 Å². The molecular weight excluding hydrogens is 148 g/mol. The van der Waals surface area contributed by atoms with Crippen LogP contribution < -0.4 is 10.9 Å². The molecule has 0 aromatic heterocycles. The third kappa shape index (κ3) is 1.36. The van der Waals surface area contributed by atoms with Gasteiger partial charge in [-0.05, 0) is 12.5 Å². The monoisotopic (exact) mass is 162 g/mol. The summed E-state index contributed by atoms with van der Waals surface area (Å²) in [6.45, 7) is 3.24. The van der Waals surface area contributed by atoms with Crippen LogP contribution in [0.15, 0.2) is 30.3 Å². The van der Waals surface area contributed by atoms with Crippen LogP contribution in [0.25, 0.3) is 0 Å². The fourth-order valence-electron chi connectivity index (χ4n) is 1.71. The molecule has 0 radical (unpaired) electrons. The summed E-state index contributed by atoms with van der Waals surface area (Å²) in [5.74, 6) is 0.617. The Bertz CT molecular complexity index is 245. The molecule has 1 fully saturated rings. The summed E-state index contributed by atoms with van der Waals surface area (Å²) in [6, 6.07) is 11.2. The lowest BCUT2D eigenvalue weighted by molar-refractivity contribution is 0.570. The summed E-state index contributed by atoms with van der Waals surface area (Å²) in [6.07, 6.45) is 0. The summed E-state index contributed by atoms with van der Waals surface area (Å²) >= 11 is 0. The van der Waals surface area contributed by atoms with E-state index in [1.54, 1.807) is 0 Å². The maximum Gasteiger partial charge on any atom is 0.0266 e. The highest BCUT2D eigenvalue weighted by Gasteiger charge is 2.23. The van der Waals surface area contributed by atoms with Crippen LogP contribution in [-0.4, -0.2) is 12.6 Å². The van der Waals surface area contributed by atoms with E-state index in [-0.39, 0.29) is 0 Å². The molecule has 0 amide bonds. The second kappa shape index (κ2) is 3.25. The topological polar surface area (TPSA) is 24.1 Å². The van der Waals surface area contributed by atoms with Gasteiger partial charge in [0, 0.05) is 18.5 Å². The summed E-state index contributed by atoms with van der Waals surface area (Å²) in [5.41, 5.74) is 7.81. The van der Waals surface area contributed by atoms with Gasteiger partial charge in [-0.1, -0.05) is 30.3 Å². The van der Waals surface area contributed by atoms with E-state index in [0.29, 0.717) is 12.0 Å². The van der Waals surface area contributed by atoms with E-state index in [0.717, 1.165) is 6.54 Å². The summed E-state index contributed by atoms with van der Waals surface area (Å²) in [7, 11) is 0. The van der Waals surface area contributed by atoms with Crippen LogP contribution in [0, 0.1) is 0 Å². The van der Waals surface area contributed by atoms with Gasteiger partial charge in [-0.15, -0.1) is 0 Å². The zero-order valence-electron chi connectivity index (χ0n) is 7.25. The standard InChI is InChI=1S/C10H14N2/c1-8-10(7-11-12-8)9-5-3-2-4-6-9/h2-6,8,10-12H,7H2,1H3. The van der Waals surface area contributed by atoms with Gasteiger partial charge in [-0.2, -0.15) is 0 Å². The number of nitrogens with one attached hydrogen (secondary N) is 2. The number of rotatable bonds is 1. The molecule has 0 spiro atoms. The highest BCUT2D eigenvalue weighted by molar-refractivity contribution is 5.22. The number of hydrogen-bond acceptors (Lipinski definition) is 2. The first-order chi connectivity index (χ1) is 5.88. The molecule has 1 aliphatic heterocycles. The van der Waals surface area contributed by atoms with Crippen LogP contribution in [0.3, 0.4) is 0 Å². The number of hydrazine groups is 1. The van der Waals surface area contributed by atoms with Crippen molar-refractivity contribution >= 4 is 0 Å². The van der Waals surface area contributed by atoms with Crippen molar-refractivity contribution in [1.29, 1.82) is 0 Å². The lowest BCUT2D eigenvalue weighted by Crippen LogP contribution is -2.28. The van der Waals surface area contributed by atoms with Crippen molar-refractivity contribution in [2.24, 2.45) is 0 Å². The minimum Gasteiger partial charge on any atom is -0.257 e. The summed E-state index contributed by atoms with van der Waals surface area (Å²) in [4.78, 5) is 0. The van der Waals surface area contributed by atoms with Gasteiger partial charge in [-0.3, -0.25) is 10.9 Å². The van der Waals surface area contributed by atoms with Crippen LogP contribution in [0.1, 0.15) is 18.4 Å². The predicted molar refractivity (Wildman–Crippen MR) is 49.8 cm³/mol. The Labute approximate surface area is 73.0 Å². The summed E-state index contributed by atoms with van der Waals surface area (Å²) in [5, 5.41) is 0. The first-order valence-corrected chi connectivity index (χ1v) is 4.41. The molecule has 0 saturated carbocycles. The van der Waals surface area contributed by atoms with Gasteiger partial charge < -0.3 is 0 Å². The molecule has 1 aliphatic rings. The Morgan fingerprint density at radius 2 is 2.00 bits per heavy atom. The number of benzene rings is 1. The molecule has 1 aromatic carbocycles. The molecule has 0 aliphatic carbocycles. The Hall–Kier alpha value is -0.860. The molecule has 2 atom stereocenters. The highest BCUT2D eigenvalue weighted by Crippen LogP contribution is 2.20. The molecule has 2 unspecified atom stereocenters. The number of hydrogen-bond donors (Lipinski definition) is 2. The van der Waals surface area contributed by atoms with Gasteiger partial charge >= 0.3 is 0 Å². The maximum atomic E-state index is 3.22. The Balaban J connectivity index is 2.19. The van der Waals surface area contributed by atoms with Crippen molar-refractivity contribution in [3.05, 3.63) is 35.9 Å². The van der Waals surface area contributed by atoms with Crippen molar-refractivity contribution in [2.45, 2.75) is 18.9 Å². The van der Waals surface area contributed by atoms with Crippen LogP contribution >= 0.6 is 0 Å². The Morgan fingerprint density at radius 1 is 1.25 bits per heavy atom. The lowest BCUT2D eigenvalue weighted by atomic mass is 9.94. The van der Waals surface area contributed by atoms with Crippen molar-refractivity contribution in [1.82, 2.24) is 10.9 Å². The van der Waals surface area contributed by atoms with Crippen molar-refractivity contribution in [3.8, 4) is 0 Å². The normalized spacial score (nSPS) is 29.1. The van der Waals surface area contributed by atoms with Crippen molar-refractivity contribution < 1.29 is 0 Å². The fraction of sp³-hybridized carbons (Fsp3) is 0.400.